The van der Waals surface area contributed by atoms with E-state index in [2.05, 4.69) is 97.4 Å². The molecule has 1 aliphatic rings. The van der Waals surface area contributed by atoms with E-state index in [-0.39, 0.29) is 16.2 Å². The Labute approximate surface area is 285 Å². The number of aryl methyl sites for hydroxylation is 1. The Bertz CT molecular complexity index is 2180. The van der Waals surface area contributed by atoms with E-state index in [4.69, 9.17) is 4.43 Å². The number of nitriles is 1. The van der Waals surface area contributed by atoms with Crippen LogP contribution in [0.4, 0.5) is 0 Å². The second-order valence-corrected chi connectivity index (χ2v) is 18.4. The molecule has 0 atom stereocenters. The highest BCUT2D eigenvalue weighted by molar-refractivity contribution is 7.22. The van der Waals surface area contributed by atoms with Crippen LogP contribution in [-0.2, 0) is 20.6 Å². The van der Waals surface area contributed by atoms with Gasteiger partial charge < -0.3 is 8.99 Å². The summed E-state index contributed by atoms with van der Waals surface area (Å²) in [6, 6.07) is 41.5. The normalized spacial score (nSPS) is 13.8. The summed E-state index contributed by atoms with van der Waals surface area (Å²) in [5.74, 6) is -1.20. The predicted octanol–water partition coefficient (Wildman–Crippen LogP) is 7.42. The van der Waals surface area contributed by atoms with Crippen molar-refractivity contribution in [2.24, 2.45) is 0 Å². The van der Waals surface area contributed by atoms with Gasteiger partial charge >= 0.3 is 0 Å². The number of nitrogens with zero attached hydrogens (tertiary/aromatic N) is 2. The molecule has 0 fully saturated rings. The topological polar surface area (TPSA) is 84.1 Å². The van der Waals surface area contributed by atoms with Gasteiger partial charge in [0.15, 0.2) is 0 Å². The van der Waals surface area contributed by atoms with Crippen LogP contribution in [0.3, 0.4) is 0 Å². The molecule has 0 saturated heterocycles. The molecule has 2 aromatic heterocycles. The first-order valence-electron chi connectivity index (χ1n) is 16.1. The van der Waals surface area contributed by atoms with Crippen molar-refractivity contribution in [3.8, 4) is 16.6 Å². The van der Waals surface area contributed by atoms with Crippen LogP contribution < -0.4 is 15.7 Å². The summed E-state index contributed by atoms with van der Waals surface area (Å²) >= 11 is 1.64. The summed E-state index contributed by atoms with van der Waals surface area (Å²) in [4.78, 5) is 27.0. The molecule has 8 heteroatoms. The number of rotatable bonds is 9. The van der Waals surface area contributed by atoms with E-state index in [0.717, 1.165) is 31.6 Å². The van der Waals surface area contributed by atoms with Gasteiger partial charge in [-0.05, 0) is 45.4 Å². The zero-order chi connectivity index (χ0) is 33.5. The average Bonchev–Trinajstić information content (AvgIpc) is 3.75. The molecule has 1 aliphatic heterocycles. The smallest absolute Gasteiger partial charge is 0.269 e. The van der Waals surface area contributed by atoms with Crippen molar-refractivity contribution in [2.75, 3.05) is 6.61 Å². The third-order valence-corrected chi connectivity index (χ3v) is 15.3. The number of benzene rings is 4. The Balaban J connectivity index is 1.34. The molecule has 6 nitrogen and oxygen atoms in total. The number of hydrogen-bond acceptors (Lipinski definition) is 5. The lowest BCUT2D eigenvalue weighted by Crippen LogP contribution is -2.66. The van der Waals surface area contributed by atoms with Crippen molar-refractivity contribution < 1.29 is 14.0 Å². The van der Waals surface area contributed by atoms with Crippen LogP contribution in [0.5, 0.6) is 0 Å². The summed E-state index contributed by atoms with van der Waals surface area (Å²) in [5.41, 5.74) is 2.36. The SMILES string of the molecule is CC(C)(C)[Si](OCCCn1c(-c2cc3ccccc3s2)c(C2=C(C#N)C(=O)NC2=O)c2ccccc21)(c1ccccc1)c1ccccc1. The number of aromatic nitrogens is 1. The third-order valence-electron chi connectivity index (χ3n) is 9.18. The van der Waals surface area contributed by atoms with Crippen molar-refractivity contribution >= 4 is 68.4 Å². The van der Waals surface area contributed by atoms with E-state index in [1.54, 1.807) is 11.3 Å². The van der Waals surface area contributed by atoms with Crippen LogP contribution >= 0.6 is 11.3 Å². The monoisotopic (exact) mass is 665 g/mol. The first kappa shape index (κ1) is 31.5. The Hall–Kier alpha value is -5.07. The Morgan fingerprint density at radius 3 is 2.10 bits per heavy atom. The molecule has 48 heavy (non-hydrogen) atoms. The molecule has 0 radical (unpaired) electrons. The zero-order valence-corrected chi connectivity index (χ0v) is 28.9. The van der Waals surface area contributed by atoms with Crippen LogP contribution in [0.25, 0.3) is 37.1 Å². The number of carbonyl (C=O) groups excluding carboxylic acids is 2. The standard InChI is InChI=1S/C40H35N3O3SSi/c1-40(2,3)48(28-16-6-4-7-17-28,29-18-8-5-9-19-29)46-24-14-23-43-32-21-12-11-20-30(32)35(36-31(26-41)38(44)42-39(36)45)37(43)34-25-27-15-10-13-22-33(27)47-34/h4-13,15-22,25H,14,23-24H2,1-3H3,(H,42,44,45). The van der Waals surface area contributed by atoms with Crippen molar-refractivity contribution in [1.29, 1.82) is 5.26 Å². The molecule has 3 heterocycles. The highest BCUT2D eigenvalue weighted by Crippen LogP contribution is 2.44. The summed E-state index contributed by atoms with van der Waals surface area (Å²) in [6.07, 6.45) is 0.704. The van der Waals surface area contributed by atoms with Crippen LogP contribution in [0, 0.1) is 11.3 Å². The molecule has 0 saturated carbocycles. The summed E-state index contributed by atoms with van der Waals surface area (Å²) in [7, 11) is -2.73. The van der Waals surface area contributed by atoms with Gasteiger partial charge in [-0.25, -0.2) is 0 Å². The zero-order valence-electron chi connectivity index (χ0n) is 27.1. The number of amides is 2. The maximum atomic E-state index is 13.3. The molecule has 0 bridgehead atoms. The van der Waals surface area contributed by atoms with Crippen molar-refractivity contribution in [3.63, 3.8) is 0 Å². The van der Waals surface area contributed by atoms with E-state index < -0.39 is 20.1 Å². The van der Waals surface area contributed by atoms with E-state index in [1.165, 1.54) is 10.4 Å². The lowest BCUT2D eigenvalue weighted by molar-refractivity contribution is -0.123. The predicted molar refractivity (Wildman–Crippen MR) is 197 cm³/mol. The van der Waals surface area contributed by atoms with Crippen LogP contribution in [0.15, 0.2) is 121 Å². The van der Waals surface area contributed by atoms with Gasteiger partial charge in [0, 0.05) is 34.3 Å². The van der Waals surface area contributed by atoms with Crippen LogP contribution in [-0.4, -0.2) is 31.3 Å². The number of imide groups is 1. The molecule has 2 amide bonds. The first-order chi connectivity index (χ1) is 23.2. The average molecular weight is 666 g/mol. The fourth-order valence-electron chi connectivity index (χ4n) is 7.15. The fraction of sp³-hybridized carbons (Fsp3) is 0.175. The van der Waals surface area contributed by atoms with Crippen molar-refractivity contribution in [1.82, 2.24) is 9.88 Å². The van der Waals surface area contributed by atoms with Gasteiger partial charge in [0.1, 0.15) is 11.6 Å². The Morgan fingerprint density at radius 2 is 1.46 bits per heavy atom. The van der Waals surface area contributed by atoms with Gasteiger partial charge in [0.05, 0.1) is 16.1 Å². The largest absolute Gasteiger partial charge is 0.407 e. The minimum Gasteiger partial charge on any atom is -0.407 e. The summed E-state index contributed by atoms with van der Waals surface area (Å²) < 4.78 is 10.6. The highest BCUT2D eigenvalue weighted by Gasteiger charge is 2.50. The highest BCUT2D eigenvalue weighted by atomic mass is 32.1. The lowest BCUT2D eigenvalue weighted by Gasteiger charge is -2.43. The van der Waals surface area contributed by atoms with Crippen molar-refractivity contribution in [2.45, 2.75) is 38.8 Å². The lowest BCUT2D eigenvalue weighted by atomic mass is 9.98. The Kier molecular flexibility index (Phi) is 8.22. The summed E-state index contributed by atoms with van der Waals surface area (Å²) in [5, 5.41) is 16.6. The molecular formula is C40H35N3O3SSi. The molecular weight excluding hydrogens is 631 g/mol. The maximum Gasteiger partial charge on any atom is 0.269 e. The van der Waals surface area contributed by atoms with Gasteiger partial charge in [-0.2, -0.15) is 5.26 Å². The minimum absolute atomic E-state index is 0.133. The third kappa shape index (κ3) is 5.21. The van der Waals surface area contributed by atoms with Gasteiger partial charge in [0.2, 0.25) is 0 Å². The van der Waals surface area contributed by atoms with E-state index in [1.807, 2.05) is 54.6 Å². The molecule has 6 aromatic rings. The molecule has 1 N–H and O–H groups in total. The van der Waals surface area contributed by atoms with E-state index in [9.17, 15) is 14.9 Å². The van der Waals surface area contributed by atoms with Gasteiger partial charge in [-0.3, -0.25) is 14.9 Å². The second-order valence-electron chi connectivity index (χ2n) is 13.1. The van der Waals surface area contributed by atoms with E-state index >= 15 is 0 Å². The number of carbonyl (C=O) groups is 2. The Morgan fingerprint density at radius 1 is 0.833 bits per heavy atom. The molecule has 0 unspecified atom stereocenters. The fourth-order valence-corrected chi connectivity index (χ4v) is 12.9. The summed E-state index contributed by atoms with van der Waals surface area (Å²) in [6.45, 7) is 7.95. The van der Waals surface area contributed by atoms with Gasteiger partial charge in [-0.1, -0.05) is 118 Å². The van der Waals surface area contributed by atoms with Crippen LogP contribution in [0.1, 0.15) is 32.8 Å². The molecule has 238 valence electrons. The molecule has 0 aliphatic carbocycles. The van der Waals surface area contributed by atoms with Gasteiger partial charge in [0.25, 0.3) is 20.1 Å². The molecule has 4 aromatic carbocycles. The second kappa shape index (κ2) is 12.5. The number of hydrogen-bond donors (Lipinski definition) is 1. The van der Waals surface area contributed by atoms with Crippen molar-refractivity contribution in [3.05, 3.63) is 126 Å². The molecule has 0 spiro atoms. The minimum atomic E-state index is -2.73. The number of thiophene rings is 1. The first-order valence-corrected chi connectivity index (χ1v) is 18.8. The quantitative estimate of drug-likeness (QED) is 0.0990. The number of fused-ring (bicyclic) bond motifs is 2. The van der Waals surface area contributed by atoms with E-state index in [0.29, 0.717) is 25.1 Å². The number of para-hydroxylation sites is 1. The van der Waals surface area contributed by atoms with Gasteiger partial charge in [-0.15, -0.1) is 11.3 Å². The maximum absolute atomic E-state index is 13.3. The molecule has 7 rings (SSSR count). The number of nitrogens with one attached hydrogen (secondary N) is 1. The van der Waals surface area contributed by atoms with Crippen LogP contribution in [0.2, 0.25) is 5.04 Å².